The van der Waals surface area contributed by atoms with Gasteiger partial charge in [-0.15, -0.1) is 0 Å². The monoisotopic (exact) mass is 256 g/mol. The van der Waals surface area contributed by atoms with Crippen molar-refractivity contribution < 1.29 is 4.74 Å². The van der Waals surface area contributed by atoms with Crippen LogP contribution >= 0.6 is 0 Å². The van der Waals surface area contributed by atoms with Crippen molar-refractivity contribution in [2.24, 2.45) is 0 Å². The second-order valence-corrected chi connectivity index (χ2v) is 4.52. The zero-order chi connectivity index (χ0) is 13.7. The Morgan fingerprint density at radius 1 is 1.21 bits per heavy atom. The number of nitrogens with zero attached hydrogens (tertiary/aromatic N) is 1. The van der Waals surface area contributed by atoms with Crippen molar-refractivity contribution in [1.82, 2.24) is 10.3 Å². The summed E-state index contributed by atoms with van der Waals surface area (Å²) < 4.78 is 5.09. The molecule has 0 radical (unpaired) electrons. The maximum atomic E-state index is 5.09. The summed E-state index contributed by atoms with van der Waals surface area (Å²) in [5.41, 5.74) is 4.90. The lowest BCUT2D eigenvalue weighted by molar-refractivity contribution is 0.398. The molecule has 1 N–H and O–H groups in total. The molecule has 0 aliphatic rings. The molecule has 0 unspecified atom stereocenters. The minimum atomic E-state index is 0.644. The molecule has 1 aromatic carbocycles. The van der Waals surface area contributed by atoms with Crippen LogP contribution in [0.5, 0.6) is 5.88 Å². The van der Waals surface area contributed by atoms with Gasteiger partial charge in [0, 0.05) is 24.4 Å². The average molecular weight is 256 g/mol. The molecule has 0 saturated heterocycles. The van der Waals surface area contributed by atoms with Crippen LogP contribution in [-0.2, 0) is 6.54 Å². The molecule has 0 aliphatic carbocycles. The molecule has 3 heteroatoms. The van der Waals surface area contributed by atoms with Crippen LogP contribution in [-0.4, -0.2) is 18.6 Å². The van der Waals surface area contributed by atoms with E-state index in [0.717, 1.165) is 18.7 Å². The van der Waals surface area contributed by atoms with Gasteiger partial charge in [0.15, 0.2) is 0 Å². The van der Waals surface area contributed by atoms with Crippen LogP contribution in [0.2, 0.25) is 0 Å². The number of aromatic nitrogens is 1. The predicted octanol–water partition coefficient (Wildman–Crippen LogP) is 3.18. The van der Waals surface area contributed by atoms with Gasteiger partial charge >= 0.3 is 0 Å². The van der Waals surface area contributed by atoms with Gasteiger partial charge in [-0.25, -0.2) is 4.98 Å². The molecule has 1 aromatic heterocycles. The lowest BCUT2D eigenvalue weighted by Crippen LogP contribution is -2.11. The number of hydrogen-bond donors (Lipinski definition) is 1. The van der Waals surface area contributed by atoms with Gasteiger partial charge in [0.1, 0.15) is 0 Å². The molecule has 1 heterocycles. The second-order valence-electron chi connectivity index (χ2n) is 4.52. The molecule has 0 spiro atoms. The highest BCUT2D eigenvalue weighted by atomic mass is 16.5. The summed E-state index contributed by atoms with van der Waals surface area (Å²) in [5, 5.41) is 3.35. The largest absolute Gasteiger partial charge is 0.481 e. The van der Waals surface area contributed by atoms with Crippen LogP contribution in [0.4, 0.5) is 0 Å². The first kappa shape index (κ1) is 13.6. The molecule has 0 bridgehead atoms. The van der Waals surface area contributed by atoms with Crippen LogP contribution < -0.4 is 10.1 Å². The van der Waals surface area contributed by atoms with Crippen molar-refractivity contribution in [3.05, 3.63) is 47.7 Å². The van der Waals surface area contributed by atoms with Gasteiger partial charge in [-0.2, -0.15) is 0 Å². The van der Waals surface area contributed by atoms with Crippen molar-refractivity contribution in [2.45, 2.75) is 20.4 Å². The first-order chi connectivity index (χ1) is 9.24. The van der Waals surface area contributed by atoms with Crippen LogP contribution in [0.3, 0.4) is 0 Å². The van der Waals surface area contributed by atoms with Gasteiger partial charge < -0.3 is 10.1 Å². The number of methoxy groups -OCH3 is 1. The van der Waals surface area contributed by atoms with Gasteiger partial charge in [0.05, 0.1) is 7.11 Å². The summed E-state index contributed by atoms with van der Waals surface area (Å²) in [6.45, 7) is 6.11. The Labute approximate surface area is 114 Å². The van der Waals surface area contributed by atoms with E-state index in [9.17, 15) is 0 Å². The number of nitrogens with one attached hydrogen (secondary N) is 1. The smallest absolute Gasteiger partial charge is 0.212 e. The molecule has 3 nitrogen and oxygen atoms in total. The van der Waals surface area contributed by atoms with E-state index < -0.39 is 0 Å². The van der Waals surface area contributed by atoms with Crippen molar-refractivity contribution >= 4 is 0 Å². The van der Waals surface area contributed by atoms with Gasteiger partial charge in [0.2, 0.25) is 5.88 Å². The van der Waals surface area contributed by atoms with Crippen LogP contribution in [0.25, 0.3) is 11.1 Å². The van der Waals surface area contributed by atoms with Crippen molar-refractivity contribution in [1.29, 1.82) is 0 Å². The maximum Gasteiger partial charge on any atom is 0.212 e. The fourth-order valence-corrected chi connectivity index (χ4v) is 2.02. The Morgan fingerprint density at radius 2 is 2.05 bits per heavy atom. The van der Waals surface area contributed by atoms with Crippen molar-refractivity contribution in [2.75, 3.05) is 13.7 Å². The summed E-state index contributed by atoms with van der Waals surface area (Å²) in [7, 11) is 1.63. The summed E-state index contributed by atoms with van der Waals surface area (Å²) in [6, 6.07) is 10.5. The van der Waals surface area contributed by atoms with Crippen LogP contribution in [0.15, 0.2) is 36.5 Å². The molecule has 100 valence electrons. The Bertz CT molecular complexity index is 535. The van der Waals surface area contributed by atoms with E-state index >= 15 is 0 Å². The fourth-order valence-electron chi connectivity index (χ4n) is 2.02. The first-order valence-electron chi connectivity index (χ1n) is 6.55. The molecule has 0 amide bonds. The molecule has 0 saturated carbocycles. The standard InChI is InChI=1S/C16H20N2O/c1-4-17-10-13-6-5-12(2)15(9-13)14-7-8-16(19-3)18-11-14/h5-9,11,17H,4,10H2,1-3H3. The summed E-state index contributed by atoms with van der Waals surface area (Å²) in [4.78, 5) is 4.27. The molecule has 19 heavy (non-hydrogen) atoms. The molecule has 0 fully saturated rings. The Balaban J connectivity index is 2.31. The highest BCUT2D eigenvalue weighted by Gasteiger charge is 2.04. The number of hydrogen-bond acceptors (Lipinski definition) is 3. The van der Waals surface area contributed by atoms with E-state index in [1.807, 2.05) is 18.3 Å². The molecule has 0 atom stereocenters. The van der Waals surface area contributed by atoms with E-state index in [2.05, 4.69) is 42.3 Å². The number of rotatable bonds is 5. The van der Waals surface area contributed by atoms with Crippen LogP contribution in [0, 0.1) is 6.92 Å². The molecule has 2 rings (SSSR count). The summed E-state index contributed by atoms with van der Waals surface area (Å²) in [5.74, 6) is 0.644. The maximum absolute atomic E-state index is 5.09. The first-order valence-corrected chi connectivity index (χ1v) is 6.55. The molecular weight excluding hydrogens is 236 g/mol. The number of benzene rings is 1. The SMILES string of the molecule is CCNCc1ccc(C)c(-c2ccc(OC)nc2)c1. The number of pyridine rings is 1. The van der Waals surface area contributed by atoms with Crippen molar-refractivity contribution in [3.63, 3.8) is 0 Å². The summed E-state index contributed by atoms with van der Waals surface area (Å²) in [6.07, 6.45) is 1.86. The normalized spacial score (nSPS) is 10.5. The van der Waals surface area contributed by atoms with Crippen LogP contribution in [0.1, 0.15) is 18.1 Å². The van der Waals surface area contributed by atoms with Gasteiger partial charge in [-0.05, 0) is 42.3 Å². The highest BCUT2D eigenvalue weighted by Crippen LogP contribution is 2.25. The van der Waals surface area contributed by atoms with Crippen molar-refractivity contribution in [3.8, 4) is 17.0 Å². The minimum Gasteiger partial charge on any atom is -0.481 e. The molecule has 2 aromatic rings. The Kier molecular flexibility index (Phi) is 4.53. The lowest BCUT2D eigenvalue weighted by atomic mass is 9.99. The fraction of sp³-hybridized carbons (Fsp3) is 0.312. The zero-order valence-electron chi connectivity index (χ0n) is 11.7. The quantitative estimate of drug-likeness (QED) is 0.892. The van der Waals surface area contributed by atoms with Gasteiger partial charge in [-0.1, -0.05) is 19.1 Å². The average Bonchev–Trinajstić information content (AvgIpc) is 2.46. The zero-order valence-corrected chi connectivity index (χ0v) is 11.7. The predicted molar refractivity (Wildman–Crippen MR) is 78.3 cm³/mol. The molecular formula is C16H20N2O. The Hall–Kier alpha value is -1.87. The lowest BCUT2D eigenvalue weighted by Gasteiger charge is -2.10. The topological polar surface area (TPSA) is 34.1 Å². The number of ether oxygens (including phenoxy) is 1. The summed E-state index contributed by atoms with van der Waals surface area (Å²) >= 11 is 0. The third kappa shape index (κ3) is 3.32. The third-order valence-corrected chi connectivity index (χ3v) is 3.14. The van der Waals surface area contributed by atoms with Gasteiger partial charge in [0.25, 0.3) is 0 Å². The highest BCUT2D eigenvalue weighted by molar-refractivity contribution is 5.67. The second kappa shape index (κ2) is 6.34. The van der Waals surface area contributed by atoms with E-state index in [1.54, 1.807) is 7.11 Å². The number of aryl methyl sites for hydroxylation is 1. The minimum absolute atomic E-state index is 0.644. The van der Waals surface area contributed by atoms with Gasteiger partial charge in [-0.3, -0.25) is 0 Å². The molecule has 0 aliphatic heterocycles. The third-order valence-electron chi connectivity index (χ3n) is 3.14. The van der Waals surface area contributed by atoms with E-state index in [0.29, 0.717) is 5.88 Å². The van der Waals surface area contributed by atoms with E-state index in [4.69, 9.17) is 4.74 Å². The van der Waals surface area contributed by atoms with E-state index in [1.165, 1.54) is 16.7 Å². The van der Waals surface area contributed by atoms with E-state index in [-0.39, 0.29) is 0 Å². The Morgan fingerprint density at radius 3 is 2.68 bits per heavy atom.